The molecule has 0 bridgehead atoms. The fraction of sp³-hybridized carbons (Fsp3) is 0.556. The lowest BCUT2D eigenvalue weighted by molar-refractivity contribution is -0.140. The van der Waals surface area contributed by atoms with Gasteiger partial charge in [-0.25, -0.2) is 0 Å². The molecule has 5 nitrogen and oxygen atoms in total. The van der Waals surface area contributed by atoms with E-state index < -0.39 is 18.5 Å². The maximum Gasteiger partial charge on any atom is 0.307 e. The van der Waals surface area contributed by atoms with Gasteiger partial charge in [0, 0.05) is 19.4 Å². The van der Waals surface area contributed by atoms with E-state index in [2.05, 4.69) is 4.74 Å². The SMILES string of the molecule is CC(=O)OCC(C)=C(CO)OC(C)=O. The zero-order valence-corrected chi connectivity index (χ0v) is 8.49. The van der Waals surface area contributed by atoms with Gasteiger partial charge in [-0.05, 0) is 6.92 Å². The molecule has 80 valence electrons. The lowest BCUT2D eigenvalue weighted by Crippen LogP contribution is -2.09. The summed E-state index contributed by atoms with van der Waals surface area (Å²) in [6.45, 7) is 3.73. The van der Waals surface area contributed by atoms with Gasteiger partial charge in [-0.3, -0.25) is 9.59 Å². The molecule has 0 radical (unpaired) electrons. The zero-order valence-electron chi connectivity index (χ0n) is 8.49. The Labute approximate surface area is 82.3 Å². The molecule has 0 aliphatic rings. The van der Waals surface area contributed by atoms with E-state index in [0.717, 1.165) is 0 Å². The minimum absolute atomic E-state index is 0.0124. The molecule has 5 heteroatoms. The van der Waals surface area contributed by atoms with Crippen LogP contribution >= 0.6 is 0 Å². The third kappa shape index (κ3) is 5.31. The van der Waals surface area contributed by atoms with Crippen molar-refractivity contribution < 1.29 is 24.2 Å². The monoisotopic (exact) mass is 202 g/mol. The van der Waals surface area contributed by atoms with E-state index in [4.69, 9.17) is 9.84 Å². The van der Waals surface area contributed by atoms with Crippen LogP contribution in [0.4, 0.5) is 0 Å². The topological polar surface area (TPSA) is 72.8 Å². The number of ether oxygens (including phenoxy) is 2. The molecule has 0 saturated carbocycles. The minimum atomic E-state index is -0.517. The van der Waals surface area contributed by atoms with E-state index in [1.165, 1.54) is 13.8 Å². The Kier molecular flexibility index (Phi) is 5.55. The molecule has 0 spiro atoms. The fourth-order valence-corrected chi connectivity index (χ4v) is 0.718. The predicted octanol–water partition coefficient (Wildman–Crippen LogP) is 0.379. The minimum Gasteiger partial charge on any atom is -0.461 e. The van der Waals surface area contributed by atoms with Gasteiger partial charge in [0.25, 0.3) is 0 Å². The van der Waals surface area contributed by atoms with Gasteiger partial charge < -0.3 is 14.6 Å². The summed E-state index contributed by atoms with van der Waals surface area (Å²) in [5.74, 6) is -0.820. The van der Waals surface area contributed by atoms with Crippen molar-refractivity contribution in [1.82, 2.24) is 0 Å². The smallest absolute Gasteiger partial charge is 0.307 e. The normalized spacial score (nSPS) is 11.7. The highest BCUT2D eigenvalue weighted by atomic mass is 16.6. The molecule has 0 atom stereocenters. The van der Waals surface area contributed by atoms with E-state index in [0.29, 0.717) is 5.57 Å². The summed E-state index contributed by atoms with van der Waals surface area (Å²) in [7, 11) is 0. The maximum absolute atomic E-state index is 10.6. The van der Waals surface area contributed by atoms with Crippen molar-refractivity contribution in [1.29, 1.82) is 0 Å². The van der Waals surface area contributed by atoms with Gasteiger partial charge in [-0.1, -0.05) is 0 Å². The van der Waals surface area contributed by atoms with Crippen LogP contribution in [0.2, 0.25) is 0 Å². The molecule has 0 aromatic rings. The molecule has 0 aliphatic carbocycles. The van der Waals surface area contributed by atoms with Crippen LogP contribution in [0.3, 0.4) is 0 Å². The van der Waals surface area contributed by atoms with Crippen molar-refractivity contribution in [3.05, 3.63) is 11.3 Å². The second-order valence-electron chi connectivity index (χ2n) is 2.74. The molecule has 0 heterocycles. The largest absolute Gasteiger partial charge is 0.461 e. The lowest BCUT2D eigenvalue weighted by atomic mass is 10.3. The first-order chi connectivity index (χ1) is 6.47. The number of aliphatic hydroxyl groups excluding tert-OH is 1. The highest BCUT2D eigenvalue weighted by Crippen LogP contribution is 2.06. The van der Waals surface area contributed by atoms with E-state index in [1.54, 1.807) is 6.92 Å². The van der Waals surface area contributed by atoms with Crippen molar-refractivity contribution in [2.45, 2.75) is 20.8 Å². The first kappa shape index (κ1) is 12.6. The summed E-state index contributed by atoms with van der Waals surface area (Å²) in [6, 6.07) is 0. The molecular weight excluding hydrogens is 188 g/mol. The molecule has 1 N–H and O–H groups in total. The average molecular weight is 202 g/mol. The number of hydrogen-bond donors (Lipinski definition) is 1. The van der Waals surface area contributed by atoms with Crippen LogP contribution in [0.1, 0.15) is 20.8 Å². The molecule has 0 rings (SSSR count). The number of carbonyl (C=O) groups is 2. The van der Waals surface area contributed by atoms with Crippen LogP contribution in [-0.2, 0) is 19.1 Å². The van der Waals surface area contributed by atoms with Crippen molar-refractivity contribution >= 4 is 11.9 Å². The van der Waals surface area contributed by atoms with Crippen molar-refractivity contribution in [3.8, 4) is 0 Å². The Bertz CT molecular complexity index is 254. The van der Waals surface area contributed by atoms with Crippen molar-refractivity contribution in [2.75, 3.05) is 13.2 Å². The second kappa shape index (κ2) is 6.15. The maximum atomic E-state index is 10.6. The van der Waals surface area contributed by atoms with Gasteiger partial charge in [0.15, 0.2) is 0 Å². The van der Waals surface area contributed by atoms with Crippen LogP contribution in [0.5, 0.6) is 0 Å². The molecule has 0 aromatic carbocycles. The Hall–Kier alpha value is -1.36. The molecule has 0 aliphatic heterocycles. The van der Waals surface area contributed by atoms with Crippen LogP contribution in [-0.4, -0.2) is 30.3 Å². The fourth-order valence-electron chi connectivity index (χ4n) is 0.718. The van der Waals surface area contributed by atoms with E-state index in [9.17, 15) is 9.59 Å². The van der Waals surface area contributed by atoms with E-state index in [-0.39, 0.29) is 12.4 Å². The van der Waals surface area contributed by atoms with Crippen molar-refractivity contribution in [2.24, 2.45) is 0 Å². The Balaban J connectivity index is 4.33. The third-order valence-corrected chi connectivity index (χ3v) is 1.38. The Morgan fingerprint density at radius 2 is 1.71 bits per heavy atom. The van der Waals surface area contributed by atoms with Gasteiger partial charge >= 0.3 is 11.9 Å². The molecule has 14 heavy (non-hydrogen) atoms. The van der Waals surface area contributed by atoms with Gasteiger partial charge in [0.05, 0.1) is 0 Å². The summed E-state index contributed by atoms with van der Waals surface area (Å²) >= 11 is 0. The van der Waals surface area contributed by atoms with E-state index >= 15 is 0 Å². The number of rotatable bonds is 4. The molecular formula is C9H14O5. The first-order valence-electron chi connectivity index (χ1n) is 4.08. The van der Waals surface area contributed by atoms with Gasteiger partial charge in [0.2, 0.25) is 0 Å². The van der Waals surface area contributed by atoms with Gasteiger partial charge in [-0.15, -0.1) is 0 Å². The quantitative estimate of drug-likeness (QED) is 0.527. The molecule has 0 fully saturated rings. The number of carbonyl (C=O) groups excluding carboxylic acids is 2. The van der Waals surface area contributed by atoms with Crippen molar-refractivity contribution in [3.63, 3.8) is 0 Å². The lowest BCUT2D eigenvalue weighted by Gasteiger charge is -2.08. The van der Waals surface area contributed by atoms with E-state index in [1.807, 2.05) is 0 Å². The van der Waals surface area contributed by atoms with Gasteiger partial charge in [-0.2, -0.15) is 0 Å². The van der Waals surface area contributed by atoms with Crippen LogP contribution in [0.15, 0.2) is 11.3 Å². The standard InChI is InChI=1S/C9H14O5/c1-6(5-13-7(2)11)9(4-10)14-8(3)12/h10H,4-5H2,1-3H3. The highest BCUT2D eigenvalue weighted by molar-refractivity contribution is 5.67. The Morgan fingerprint density at radius 3 is 2.07 bits per heavy atom. The third-order valence-electron chi connectivity index (χ3n) is 1.38. The zero-order chi connectivity index (χ0) is 11.1. The summed E-state index contributed by atoms with van der Waals surface area (Å²) in [4.78, 5) is 21.0. The highest BCUT2D eigenvalue weighted by Gasteiger charge is 2.07. The molecule has 0 amide bonds. The summed E-state index contributed by atoms with van der Waals surface area (Å²) in [5, 5.41) is 8.83. The summed E-state index contributed by atoms with van der Waals surface area (Å²) in [5.41, 5.74) is 0.512. The average Bonchev–Trinajstić information content (AvgIpc) is 2.09. The summed E-state index contributed by atoms with van der Waals surface area (Å²) < 4.78 is 9.36. The number of esters is 2. The van der Waals surface area contributed by atoms with Crippen LogP contribution in [0.25, 0.3) is 0 Å². The molecule has 0 aromatic heterocycles. The first-order valence-corrected chi connectivity index (χ1v) is 4.08. The summed E-state index contributed by atoms with van der Waals surface area (Å²) in [6.07, 6.45) is 0. The molecule has 0 unspecified atom stereocenters. The second-order valence-corrected chi connectivity index (χ2v) is 2.74. The van der Waals surface area contributed by atoms with Crippen LogP contribution < -0.4 is 0 Å². The predicted molar refractivity (Wildman–Crippen MR) is 48.2 cm³/mol. The van der Waals surface area contributed by atoms with Gasteiger partial charge in [0.1, 0.15) is 19.0 Å². The number of hydrogen-bond acceptors (Lipinski definition) is 5. The molecule has 0 saturated heterocycles. The number of aliphatic hydroxyl groups is 1. The van der Waals surface area contributed by atoms with Crippen LogP contribution in [0, 0.1) is 0 Å². The Morgan fingerprint density at radius 1 is 1.14 bits per heavy atom.